The van der Waals surface area contributed by atoms with Crippen molar-refractivity contribution >= 4 is 11.9 Å². The van der Waals surface area contributed by atoms with E-state index in [9.17, 15) is 14.7 Å². The topological polar surface area (TPSA) is 104 Å². The van der Waals surface area contributed by atoms with Crippen molar-refractivity contribution in [3.63, 3.8) is 0 Å². The molecule has 0 bridgehead atoms. The second kappa shape index (κ2) is 6.18. The fraction of sp³-hybridized carbons (Fsp3) is 0.667. The molecular weight excluding hydrogens is 250 g/mol. The maximum atomic E-state index is 12.0. The third-order valence-electron chi connectivity index (χ3n) is 3.35. The Labute approximate surface area is 111 Å². The van der Waals surface area contributed by atoms with Crippen molar-refractivity contribution in [3.05, 3.63) is 16.4 Å². The SMILES string of the molecule is CCOC(=O)/C([N+]#N)=C(\O)C1(CC)CCCNC1=O. The monoisotopic (exact) mass is 268 g/mol. The second-order valence-corrected chi connectivity index (χ2v) is 4.31. The van der Waals surface area contributed by atoms with Crippen molar-refractivity contribution in [3.8, 4) is 0 Å². The summed E-state index contributed by atoms with van der Waals surface area (Å²) in [6.07, 6.45) is 1.36. The van der Waals surface area contributed by atoms with Crippen molar-refractivity contribution < 1.29 is 19.4 Å². The number of diazo groups is 1. The number of carbonyl (C=O) groups is 2. The van der Waals surface area contributed by atoms with Crippen LogP contribution in [0.4, 0.5) is 0 Å². The zero-order valence-corrected chi connectivity index (χ0v) is 11.1. The molecule has 7 nitrogen and oxygen atoms in total. The Morgan fingerprint density at radius 1 is 1.58 bits per heavy atom. The number of hydrogen-bond acceptors (Lipinski definition) is 5. The molecule has 0 aromatic rings. The van der Waals surface area contributed by atoms with Crippen molar-refractivity contribution in [1.82, 2.24) is 5.32 Å². The minimum atomic E-state index is -1.23. The molecule has 1 heterocycles. The van der Waals surface area contributed by atoms with Gasteiger partial charge in [0.25, 0.3) is 0 Å². The highest BCUT2D eigenvalue weighted by Crippen LogP contribution is 2.39. The van der Waals surface area contributed by atoms with Crippen molar-refractivity contribution in [1.29, 1.82) is 5.39 Å². The molecule has 1 atom stereocenters. The fourth-order valence-corrected chi connectivity index (χ4v) is 2.22. The van der Waals surface area contributed by atoms with Crippen molar-refractivity contribution in [2.45, 2.75) is 33.1 Å². The smallest absolute Gasteiger partial charge is 0.504 e. The number of nitrogens with one attached hydrogen (secondary N) is 1. The highest BCUT2D eigenvalue weighted by Gasteiger charge is 2.49. The first-order chi connectivity index (χ1) is 9.03. The van der Waals surface area contributed by atoms with Gasteiger partial charge in [-0.1, -0.05) is 6.92 Å². The van der Waals surface area contributed by atoms with E-state index in [1.54, 1.807) is 13.8 Å². The summed E-state index contributed by atoms with van der Waals surface area (Å²) in [5.74, 6) is -1.86. The summed E-state index contributed by atoms with van der Waals surface area (Å²) in [5, 5.41) is 21.8. The summed E-state index contributed by atoms with van der Waals surface area (Å²) < 4.78 is 4.69. The molecule has 1 aliphatic rings. The Morgan fingerprint density at radius 3 is 2.74 bits per heavy atom. The predicted molar refractivity (Wildman–Crippen MR) is 66.3 cm³/mol. The van der Waals surface area contributed by atoms with Crippen LogP contribution in [0.25, 0.3) is 4.98 Å². The van der Waals surface area contributed by atoms with E-state index >= 15 is 0 Å². The van der Waals surface area contributed by atoms with E-state index in [1.807, 2.05) is 0 Å². The zero-order valence-electron chi connectivity index (χ0n) is 11.1. The Balaban J connectivity index is 3.24. The van der Waals surface area contributed by atoms with E-state index in [-0.39, 0.29) is 12.5 Å². The molecule has 0 aliphatic carbocycles. The number of piperidine rings is 1. The van der Waals surface area contributed by atoms with E-state index < -0.39 is 22.8 Å². The molecule has 0 aromatic heterocycles. The maximum Gasteiger partial charge on any atom is 0.506 e. The van der Waals surface area contributed by atoms with Gasteiger partial charge in [0.15, 0.2) is 4.98 Å². The minimum absolute atomic E-state index is 0.0798. The second-order valence-electron chi connectivity index (χ2n) is 4.31. The average Bonchev–Trinajstić information content (AvgIpc) is 2.40. The third-order valence-corrected chi connectivity index (χ3v) is 3.35. The van der Waals surface area contributed by atoms with Gasteiger partial charge in [0.05, 0.1) is 6.61 Å². The zero-order chi connectivity index (χ0) is 14.5. The number of ether oxygens (including phenoxy) is 1. The van der Waals surface area contributed by atoms with Gasteiger partial charge in [0, 0.05) is 6.54 Å². The Hall–Kier alpha value is -2.10. The Morgan fingerprint density at radius 2 is 2.26 bits per heavy atom. The molecule has 19 heavy (non-hydrogen) atoms. The Kier molecular flexibility index (Phi) is 4.87. The van der Waals surface area contributed by atoms with Gasteiger partial charge in [-0.2, -0.15) is 0 Å². The van der Waals surface area contributed by atoms with Crippen molar-refractivity contribution in [2.75, 3.05) is 13.2 Å². The molecule has 0 aromatic carbocycles. The normalized spacial score (nSPS) is 23.9. The van der Waals surface area contributed by atoms with Gasteiger partial charge < -0.3 is 15.2 Å². The lowest BCUT2D eigenvalue weighted by molar-refractivity contribution is -0.138. The van der Waals surface area contributed by atoms with Gasteiger partial charge in [0.1, 0.15) is 5.41 Å². The lowest BCUT2D eigenvalue weighted by Crippen LogP contribution is -2.47. The molecule has 0 spiro atoms. The van der Waals surface area contributed by atoms with E-state index in [0.717, 1.165) is 0 Å². The summed E-state index contributed by atoms with van der Waals surface area (Å²) in [7, 11) is 0. The van der Waals surface area contributed by atoms with Crippen LogP contribution in [0.1, 0.15) is 33.1 Å². The highest BCUT2D eigenvalue weighted by atomic mass is 16.5. The third kappa shape index (κ3) is 2.67. The quantitative estimate of drug-likeness (QED) is 0.348. The standard InChI is InChI=1S/C12H17N3O4/c1-3-12(6-5-7-14-11(12)18)9(16)8(15-13)10(17)19-4-2/h3-7H2,1-2H3,(H-,14,16,17,18)/p+1. The molecular formula is C12H18N3O4+. The summed E-state index contributed by atoms with van der Waals surface area (Å²) in [5.41, 5.74) is -1.84. The predicted octanol–water partition coefficient (Wildman–Crippen LogP) is 1.48. The number of carbonyl (C=O) groups excluding carboxylic acids is 2. The van der Waals surface area contributed by atoms with Gasteiger partial charge in [-0.3, -0.25) is 4.79 Å². The molecule has 1 saturated heterocycles. The molecule has 1 aliphatic heterocycles. The summed E-state index contributed by atoms with van der Waals surface area (Å²) in [4.78, 5) is 26.4. The summed E-state index contributed by atoms with van der Waals surface area (Å²) >= 11 is 0. The van der Waals surface area contributed by atoms with E-state index in [2.05, 4.69) is 15.0 Å². The summed E-state index contributed by atoms with van der Waals surface area (Å²) in [6.45, 7) is 3.92. The lowest BCUT2D eigenvalue weighted by Gasteiger charge is -2.33. The van der Waals surface area contributed by atoms with Crippen LogP contribution in [0.15, 0.2) is 11.5 Å². The van der Waals surface area contributed by atoms with Crippen LogP contribution in [0.2, 0.25) is 0 Å². The molecule has 2 N–H and O–H groups in total. The van der Waals surface area contributed by atoms with Gasteiger partial charge >= 0.3 is 11.7 Å². The molecule has 104 valence electrons. The van der Waals surface area contributed by atoms with E-state index in [1.165, 1.54) is 0 Å². The molecule has 7 heteroatoms. The number of aliphatic hydroxyl groups excluding tert-OH is 1. The fourth-order valence-electron chi connectivity index (χ4n) is 2.22. The van der Waals surface area contributed by atoms with E-state index in [4.69, 9.17) is 5.39 Å². The minimum Gasteiger partial charge on any atom is -0.504 e. The lowest BCUT2D eigenvalue weighted by atomic mass is 9.75. The number of amides is 1. The van der Waals surface area contributed by atoms with Crippen LogP contribution < -0.4 is 5.32 Å². The number of rotatable bonds is 4. The van der Waals surface area contributed by atoms with E-state index in [0.29, 0.717) is 25.8 Å². The van der Waals surface area contributed by atoms with Gasteiger partial charge in [0.2, 0.25) is 17.1 Å². The van der Waals surface area contributed by atoms with Crippen LogP contribution in [0.5, 0.6) is 0 Å². The van der Waals surface area contributed by atoms with Crippen molar-refractivity contribution in [2.24, 2.45) is 5.41 Å². The first kappa shape index (κ1) is 15.0. The number of nitrogens with zero attached hydrogens (tertiary/aromatic N) is 2. The average molecular weight is 268 g/mol. The van der Waals surface area contributed by atoms with Crippen LogP contribution in [-0.2, 0) is 14.3 Å². The molecule has 0 saturated carbocycles. The largest absolute Gasteiger partial charge is 0.506 e. The molecule has 1 amide bonds. The van der Waals surface area contributed by atoms with Crippen LogP contribution in [0.3, 0.4) is 0 Å². The number of esters is 1. The summed E-state index contributed by atoms with van der Waals surface area (Å²) in [6, 6.07) is 0. The first-order valence-electron chi connectivity index (χ1n) is 6.27. The van der Waals surface area contributed by atoms with Gasteiger partial charge in [-0.15, -0.1) is 0 Å². The first-order valence-corrected chi connectivity index (χ1v) is 6.27. The highest BCUT2D eigenvalue weighted by molar-refractivity contribution is 5.94. The Bertz CT molecular complexity index is 452. The molecule has 0 radical (unpaired) electrons. The van der Waals surface area contributed by atoms with Gasteiger partial charge in [-0.05, 0) is 26.2 Å². The van der Waals surface area contributed by atoms with Crippen LogP contribution in [-0.4, -0.2) is 30.1 Å². The molecule has 1 fully saturated rings. The number of aliphatic hydroxyl groups is 1. The molecule has 1 rings (SSSR count). The van der Waals surface area contributed by atoms with Crippen LogP contribution >= 0.6 is 0 Å². The maximum absolute atomic E-state index is 12.0. The van der Waals surface area contributed by atoms with Gasteiger partial charge in [-0.25, -0.2) is 4.79 Å². The van der Waals surface area contributed by atoms with Crippen LogP contribution in [0, 0.1) is 10.8 Å². The molecule has 1 unspecified atom stereocenters. The number of hydrogen-bond donors (Lipinski definition) is 2.